The summed E-state index contributed by atoms with van der Waals surface area (Å²) in [5.41, 5.74) is 5.00. The third kappa shape index (κ3) is 4.01. The first-order chi connectivity index (χ1) is 14.4. The molecule has 2 N–H and O–H groups in total. The Morgan fingerprint density at radius 2 is 1.20 bits per heavy atom. The number of hydrogen-bond donors (Lipinski definition) is 2. The number of benzene rings is 2. The molecule has 2 saturated heterocycles. The number of carbonyl (C=O) groups is 3. The van der Waals surface area contributed by atoms with Crippen LogP contribution in [0.15, 0.2) is 36.4 Å². The van der Waals surface area contributed by atoms with E-state index in [9.17, 15) is 14.4 Å². The van der Waals surface area contributed by atoms with Crippen molar-refractivity contribution < 1.29 is 14.4 Å². The van der Waals surface area contributed by atoms with Crippen LogP contribution in [-0.2, 0) is 9.59 Å². The minimum Gasteiger partial charge on any atom is -0.312 e. The zero-order valence-corrected chi connectivity index (χ0v) is 17.3. The predicted molar refractivity (Wildman–Crippen MR) is 118 cm³/mol. The molecule has 156 valence electrons. The fourth-order valence-electron chi connectivity index (χ4n) is 4.17. The molecule has 2 aromatic carbocycles. The van der Waals surface area contributed by atoms with E-state index in [1.54, 1.807) is 21.9 Å². The summed E-state index contributed by atoms with van der Waals surface area (Å²) in [5, 5.41) is 5.68. The molecule has 2 heterocycles. The first kappa shape index (κ1) is 19.9. The van der Waals surface area contributed by atoms with Gasteiger partial charge in [-0.05, 0) is 74.2 Å². The van der Waals surface area contributed by atoms with Crippen molar-refractivity contribution in [1.82, 2.24) is 0 Å². The maximum absolute atomic E-state index is 12.4. The van der Waals surface area contributed by atoms with Crippen LogP contribution in [0.5, 0.6) is 0 Å². The van der Waals surface area contributed by atoms with Crippen LogP contribution < -0.4 is 20.4 Å². The Bertz CT molecular complexity index is 938. The van der Waals surface area contributed by atoms with Crippen molar-refractivity contribution in [2.24, 2.45) is 0 Å². The van der Waals surface area contributed by atoms with Gasteiger partial charge in [0.05, 0.1) is 0 Å². The normalized spacial score (nSPS) is 16.3. The Kier molecular flexibility index (Phi) is 5.44. The summed E-state index contributed by atoms with van der Waals surface area (Å²) in [6.07, 6.45) is 2.94. The van der Waals surface area contributed by atoms with Crippen molar-refractivity contribution >= 4 is 40.6 Å². The number of nitrogens with zero attached hydrogens (tertiary/aromatic N) is 2. The monoisotopic (exact) mass is 406 g/mol. The van der Waals surface area contributed by atoms with E-state index < -0.39 is 0 Å². The molecule has 30 heavy (non-hydrogen) atoms. The maximum atomic E-state index is 12.4. The van der Waals surface area contributed by atoms with E-state index in [2.05, 4.69) is 10.6 Å². The number of nitrogens with one attached hydrogen (secondary N) is 2. The average Bonchev–Trinajstić information content (AvgIpc) is 3.30. The Hall–Kier alpha value is -3.35. The summed E-state index contributed by atoms with van der Waals surface area (Å²) < 4.78 is 0. The fraction of sp³-hybridized carbons (Fsp3) is 0.348. The van der Waals surface area contributed by atoms with E-state index >= 15 is 0 Å². The van der Waals surface area contributed by atoms with Crippen LogP contribution in [0.4, 0.5) is 27.5 Å². The van der Waals surface area contributed by atoms with Crippen molar-refractivity contribution in [2.75, 3.05) is 33.5 Å². The molecule has 0 unspecified atom stereocenters. The van der Waals surface area contributed by atoms with Gasteiger partial charge in [0.2, 0.25) is 11.8 Å². The Balaban J connectivity index is 1.41. The highest BCUT2D eigenvalue weighted by Crippen LogP contribution is 2.29. The number of rotatable bonds is 4. The van der Waals surface area contributed by atoms with Gasteiger partial charge in [0.15, 0.2) is 0 Å². The lowest BCUT2D eigenvalue weighted by molar-refractivity contribution is -0.117. The highest BCUT2D eigenvalue weighted by Gasteiger charge is 2.24. The maximum Gasteiger partial charge on any atom is 0.323 e. The van der Waals surface area contributed by atoms with Crippen LogP contribution in [0.2, 0.25) is 0 Å². The summed E-state index contributed by atoms with van der Waals surface area (Å²) in [4.78, 5) is 40.0. The molecule has 4 rings (SSSR count). The highest BCUT2D eigenvalue weighted by molar-refractivity contribution is 6.01. The van der Waals surface area contributed by atoms with Crippen molar-refractivity contribution in [2.45, 2.75) is 39.5 Å². The molecule has 4 amide bonds. The molecule has 0 bridgehead atoms. The lowest BCUT2D eigenvalue weighted by atomic mass is 10.1. The molecule has 2 aromatic rings. The Morgan fingerprint density at radius 3 is 1.53 bits per heavy atom. The second-order valence-electron chi connectivity index (χ2n) is 7.88. The first-order valence-corrected chi connectivity index (χ1v) is 10.3. The molecule has 0 aromatic heterocycles. The van der Waals surface area contributed by atoms with E-state index in [0.29, 0.717) is 24.2 Å². The topological polar surface area (TPSA) is 81.8 Å². The van der Waals surface area contributed by atoms with Crippen LogP contribution in [-0.4, -0.2) is 30.9 Å². The summed E-state index contributed by atoms with van der Waals surface area (Å²) in [6.45, 7) is 5.36. The summed E-state index contributed by atoms with van der Waals surface area (Å²) >= 11 is 0. The summed E-state index contributed by atoms with van der Waals surface area (Å²) in [7, 11) is 0. The number of urea groups is 1. The molecule has 0 atom stereocenters. The molecule has 0 spiro atoms. The van der Waals surface area contributed by atoms with Crippen molar-refractivity contribution in [3.63, 3.8) is 0 Å². The second-order valence-corrected chi connectivity index (χ2v) is 7.88. The number of amides is 4. The van der Waals surface area contributed by atoms with Crippen molar-refractivity contribution in [3.05, 3.63) is 47.5 Å². The fourth-order valence-corrected chi connectivity index (χ4v) is 4.17. The molecule has 0 radical (unpaired) electrons. The average molecular weight is 406 g/mol. The number of carbonyl (C=O) groups excluding carboxylic acids is 3. The van der Waals surface area contributed by atoms with Crippen LogP contribution in [0.25, 0.3) is 0 Å². The first-order valence-electron chi connectivity index (χ1n) is 10.3. The summed E-state index contributed by atoms with van der Waals surface area (Å²) in [5.74, 6) is 0.289. The third-order valence-electron chi connectivity index (χ3n) is 5.64. The summed E-state index contributed by atoms with van der Waals surface area (Å²) in [6, 6.07) is 10.8. The third-order valence-corrected chi connectivity index (χ3v) is 5.64. The molecule has 2 fully saturated rings. The van der Waals surface area contributed by atoms with Gasteiger partial charge in [-0.2, -0.15) is 0 Å². The molecule has 0 aliphatic carbocycles. The molecule has 7 heteroatoms. The zero-order valence-electron chi connectivity index (χ0n) is 17.3. The van der Waals surface area contributed by atoms with Gasteiger partial charge in [0.1, 0.15) is 0 Å². The Labute approximate surface area is 176 Å². The quantitative estimate of drug-likeness (QED) is 0.798. The molecular weight excluding hydrogens is 380 g/mol. The van der Waals surface area contributed by atoms with E-state index in [4.69, 9.17) is 0 Å². The van der Waals surface area contributed by atoms with Crippen molar-refractivity contribution in [1.29, 1.82) is 0 Å². The SMILES string of the molecule is Cc1cc(NC(=O)Nc2ccc(N3CCCC3=O)c(C)c2)ccc1N1CCCC1=O. The van der Waals surface area contributed by atoms with Gasteiger partial charge in [-0.1, -0.05) is 0 Å². The zero-order chi connectivity index (χ0) is 21.3. The van der Waals surface area contributed by atoms with E-state index in [-0.39, 0.29) is 17.8 Å². The highest BCUT2D eigenvalue weighted by atomic mass is 16.2. The smallest absolute Gasteiger partial charge is 0.312 e. The lowest BCUT2D eigenvalue weighted by Crippen LogP contribution is -2.25. The number of aryl methyl sites for hydroxylation is 2. The van der Waals surface area contributed by atoms with Crippen LogP contribution in [0, 0.1) is 13.8 Å². The molecule has 2 aliphatic heterocycles. The molecule has 0 saturated carbocycles. The van der Waals surface area contributed by atoms with Gasteiger partial charge in [-0.25, -0.2) is 4.79 Å². The second kappa shape index (κ2) is 8.18. The standard InChI is InChI=1S/C23H26N4O3/c1-15-13-17(7-9-19(15)26-11-3-5-21(26)28)24-23(30)25-18-8-10-20(16(2)14-18)27-12-4-6-22(27)29/h7-10,13-14H,3-6,11-12H2,1-2H3,(H2,24,25,30). The van der Waals surface area contributed by atoms with E-state index in [0.717, 1.165) is 48.4 Å². The van der Waals surface area contributed by atoms with Gasteiger partial charge >= 0.3 is 6.03 Å². The molecular formula is C23H26N4O3. The predicted octanol–water partition coefficient (Wildman–Crippen LogP) is 4.20. The minimum absolute atomic E-state index is 0.144. The largest absolute Gasteiger partial charge is 0.323 e. The van der Waals surface area contributed by atoms with Gasteiger partial charge in [-0.15, -0.1) is 0 Å². The van der Waals surface area contributed by atoms with Crippen LogP contribution in [0.3, 0.4) is 0 Å². The number of hydrogen-bond acceptors (Lipinski definition) is 3. The van der Waals surface area contributed by atoms with Gasteiger partial charge in [0, 0.05) is 48.7 Å². The Morgan fingerprint density at radius 1 is 0.767 bits per heavy atom. The van der Waals surface area contributed by atoms with E-state index in [1.807, 2.05) is 38.1 Å². The van der Waals surface area contributed by atoms with Gasteiger partial charge in [-0.3, -0.25) is 9.59 Å². The van der Waals surface area contributed by atoms with Crippen LogP contribution >= 0.6 is 0 Å². The number of anilines is 4. The minimum atomic E-state index is -0.344. The lowest BCUT2D eigenvalue weighted by Gasteiger charge is -2.20. The van der Waals surface area contributed by atoms with Crippen LogP contribution in [0.1, 0.15) is 36.8 Å². The molecule has 2 aliphatic rings. The molecule has 7 nitrogen and oxygen atoms in total. The van der Waals surface area contributed by atoms with E-state index in [1.165, 1.54) is 0 Å². The van der Waals surface area contributed by atoms with Crippen molar-refractivity contribution in [3.8, 4) is 0 Å². The van der Waals surface area contributed by atoms with Gasteiger partial charge < -0.3 is 20.4 Å². The van der Waals surface area contributed by atoms with Gasteiger partial charge in [0.25, 0.3) is 0 Å².